The highest BCUT2D eigenvalue weighted by Gasteiger charge is 2.25. The monoisotopic (exact) mass is 400 g/mol. The minimum atomic E-state index is -0.357. The second kappa shape index (κ2) is 8.77. The van der Waals surface area contributed by atoms with Crippen LogP contribution in [0.5, 0.6) is 28.7 Å². The molecule has 2 aromatic carbocycles. The van der Waals surface area contributed by atoms with Gasteiger partial charge in [0.1, 0.15) is 16.7 Å². The Bertz CT molecular complexity index is 1050. The minimum absolute atomic E-state index is 0.0785. The summed E-state index contributed by atoms with van der Waals surface area (Å²) < 4.78 is 33.6. The average Bonchev–Trinajstić information content (AvgIpc) is 2.74. The van der Waals surface area contributed by atoms with E-state index >= 15 is 0 Å². The lowest BCUT2D eigenvalue weighted by atomic mass is 10.1. The van der Waals surface area contributed by atoms with Crippen LogP contribution in [0.1, 0.15) is 13.8 Å². The van der Waals surface area contributed by atoms with Crippen molar-refractivity contribution in [2.75, 3.05) is 34.5 Å². The third kappa shape index (κ3) is 3.68. The average molecular weight is 400 g/mol. The van der Waals surface area contributed by atoms with E-state index in [1.54, 1.807) is 37.4 Å². The molecule has 0 radical (unpaired) electrons. The van der Waals surface area contributed by atoms with E-state index in [4.69, 9.17) is 28.1 Å². The van der Waals surface area contributed by atoms with E-state index in [2.05, 4.69) is 0 Å². The predicted octanol–water partition coefficient (Wildman–Crippen LogP) is 4.28. The molecule has 7 heteroatoms. The molecule has 0 atom stereocenters. The van der Waals surface area contributed by atoms with Gasteiger partial charge in [0.25, 0.3) is 0 Å². The Morgan fingerprint density at radius 2 is 1.48 bits per heavy atom. The maximum absolute atomic E-state index is 13.3. The largest absolute Gasteiger partial charge is 0.497 e. The lowest BCUT2D eigenvalue weighted by Gasteiger charge is -2.17. The van der Waals surface area contributed by atoms with Crippen LogP contribution in [0.4, 0.5) is 0 Å². The quantitative estimate of drug-likeness (QED) is 0.558. The van der Waals surface area contributed by atoms with Crippen molar-refractivity contribution in [1.82, 2.24) is 0 Å². The van der Waals surface area contributed by atoms with Crippen LogP contribution in [0.2, 0.25) is 0 Å². The Morgan fingerprint density at radius 3 is 2.03 bits per heavy atom. The molecule has 1 aromatic heterocycles. The normalized spacial score (nSPS) is 10.7. The second-order valence-electron chi connectivity index (χ2n) is 6.00. The van der Waals surface area contributed by atoms with Crippen molar-refractivity contribution in [2.45, 2.75) is 13.8 Å². The zero-order valence-corrected chi connectivity index (χ0v) is 17.2. The van der Waals surface area contributed by atoms with E-state index in [-0.39, 0.29) is 22.3 Å². The molecule has 7 nitrogen and oxygen atoms in total. The first-order valence-electron chi connectivity index (χ1n) is 9.25. The third-order valence-corrected chi connectivity index (χ3v) is 4.37. The maximum atomic E-state index is 13.3. The molecule has 154 valence electrons. The first kappa shape index (κ1) is 20.4. The molecule has 3 rings (SSSR count). The second-order valence-corrected chi connectivity index (χ2v) is 6.00. The van der Waals surface area contributed by atoms with Crippen LogP contribution in [-0.2, 0) is 0 Å². The van der Waals surface area contributed by atoms with Crippen molar-refractivity contribution in [1.29, 1.82) is 0 Å². The molecule has 0 fully saturated rings. The maximum Gasteiger partial charge on any atom is 0.239 e. The summed E-state index contributed by atoms with van der Waals surface area (Å²) in [4.78, 5) is 13.3. The molecule has 0 saturated heterocycles. The van der Waals surface area contributed by atoms with Crippen LogP contribution < -0.4 is 29.1 Å². The van der Waals surface area contributed by atoms with Crippen molar-refractivity contribution >= 4 is 11.0 Å². The topological polar surface area (TPSA) is 76.4 Å². The molecule has 29 heavy (non-hydrogen) atoms. The number of ether oxygens (including phenoxy) is 5. The van der Waals surface area contributed by atoms with Gasteiger partial charge in [0, 0.05) is 11.6 Å². The van der Waals surface area contributed by atoms with Crippen molar-refractivity contribution in [3.63, 3.8) is 0 Å². The lowest BCUT2D eigenvalue weighted by molar-refractivity contribution is 0.284. The van der Waals surface area contributed by atoms with E-state index in [0.717, 1.165) is 0 Å². The highest BCUT2D eigenvalue weighted by atomic mass is 16.5. The summed E-state index contributed by atoms with van der Waals surface area (Å²) in [5.41, 5.74) is 0.632. The predicted molar refractivity (Wildman–Crippen MR) is 110 cm³/mol. The van der Waals surface area contributed by atoms with E-state index < -0.39 is 0 Å². The van der Waals surface area contributed by atoms with Gasteiger partial charge in [-0.1, -0.05) is 0 Å². The van der Waals surface area contributed by atoms with Gasteiger partial charge in [-0.25, -0.2) is 0 Å². The van der Waals surface area contributed by atoms with Crippen LogP contribution in [0.15, 0.2) is 39.5 Å². The van der Waals surface area contributed by atoms with Gasteiger partial charge in [-0.05, 0) is 38.1 Å². The SMILES string of the molecule is CCOc1cc2oc(-c3ccc(OC)cc3)c(OC)c(=O)c2c(OCC)c1OC. The standard InChI is InChI=1S/C22H24O7/c1-6-27-16-12-15-17(21(28-7-2)20(16)25-4)18(23)22(26-5)19(29-15)13-8-10-14(24-3)11-9-13/h8-12H,6-7H2,1-5H3. The number of benzene rings is 2. The summed E-state index contributed by atoms with van der Waals surface area (Å²) in [7, 11) is 4.51. The molecule has 0 aliphatic rings. The first-order valence-corrected chi connectivity index (χ1v) is 9.25. The molecule has 0 amide bonds. The molecule has 0 saturated carbocycles. The Morgan fingerprint density at radius 1 is 0.828 bits per heavy atom. The van der Waals surface area contributed by atoms with Gasteiger partial charge in [0.05, 0.1) is 34.5 Å². The van der Waals surface area contributed by atoms with Crippen LogP contribution in [-0.4, -0.2) is 34.5 Å². The van der Waals surface area contributed by atoms with Gasteiger partial charge in [0.2, 0.25) is 16.9 Å². The fourth-order valence-corrected chi connectivity index (χ4v) is 3.12. The molecule has 0 aliphatic carbocycles. The molecule has 0 unspecified atom stereocenters. The van der Waals surface area contributed by atoms with Crippen molar-refractivity contribution < 1.29 is 28.1 Å². The van der Waals surface area contributed by atoms with Gasteiger partial charge in [-0.2, -0.15) is 0 Å². The number of hydrogen-bond acceptors (Lipinski definition) is 7. The number of rotatable bonds is 8. The molecule has 0 spiro atoms. The molecule has 0 aliphatic heterocycles. The smallest absolute Gasteiger partial charge is 0.239 e. The molecular formula is C22H24O7. The highest BCUT2D eigenvalue weighted by Crippen LogP contribution is 2.44. The van der Waals surface area contributed by atoms with Crippen molar-refractivity contribution in [3.05, 3.63) is 40.6 Å². The summed E-state index contributed by atoms with van der Waals surface area (Å²) in [6, 6.07) is 8.78. The Hall–Kier alpha value is -3.35. The molecule has 0 bridgehead atoms. The van der Waals surface area contributed by atoms with Gasteiger partial charge in [0.15, 0.2) is 17.3 Å². The summed E-state index contributed by atoms with van der Waals surface area (Å²) in [5.74, 6) is 2.12. The van der Waals surface area contributed by atoms with E-state index in [0.29, 0.717) is 47.4 Å². The van der Waals surface area contributed by atoms with Gasteiger partial charge in [-0.3, -0.25) is 4.79 Å². The summed E-state index contributed by atoms with van der Waals surface area (Å²) in [6.07, 6.45) is 0. The summed E-state index contributed by atoms with van der Waals surface area (Å²) in [5, 5.41) is 0.237. The molecule has 1 heterocycles. The Kier molecular flexibility index (Phi) is 6.16. The first-order chi connectivity index (χ1) is 14.1. The minimum Gasteiger partial charge on any atom is -0.497 e. The van der Waals surface area contributed by atoms with Gasteiger partial charge >= 0.3 is 0 Å². The Labute approximate surface area is 168 Å². The summed E-state index contributed by atoms with van der Waals surface area (Å²) >= 11 is 0. The van der Waals surface area contributed by atoms with Gasteiger partial charge in [-0.15, -0.1) is 0 Å². The number of methoxy groups -OCH3 is 3. The zero-order chi connectivity index (χ0) is 21.0. The van der Waals surface area contributed by atoms with E-state index in [1.165, 1.54) is 14.2 Å². The lowest BCUT2D eigenvalue weighted by Crippen LogP contribution is -2.11. The Balaban J connectivity index is 2.37. The molecular weight excluding hydrogens is 376 g/mol. The van der Waals surface area contributed by atoms with Crippen molar-refractivity contribution in [2.24, 2.45) is 0 Å². The van der Waals surface area contributed by atoms with E-state index in [9.17, 15) is 4.79 Å². The number of hydrogen-bond donors (Lipinski definition) is 0. The van der Waals surface area contributed by atoms with E-state index in [1.807, 2.05) is 13.8 Å². The van der Waals surface area contributed by atoms with Gasteiger partial charge < -0.3 is 28.1 Å². The molecule has 3 aromatic rings. The summed E-state index contributed by atoms with van der Waals surface area (Å²) in [6.45, 7) is 4.43. The van der Waals surface area contributed by atoms with Crippen LogP contribution >= 0.6 is 0 Å². The van der Waals surface area contributed by atoms with Crippen molar-refractivity contribution in [3.8, 4) is 40.1 Å². The third-order valence-electron chi connectivity index (χ3n) is 4.37. The zero-order valence-electron chi connectivity index (χ0n) is 17.2. The van der Waals surface area contributed by atoms with Crippen LogP contribution in [0.3, 0.4) is 0 Å². The number of fused-ring (bicyclic) bond motifs is 1. The highest BCUT2D eigenvalue weighted by molar-refractivity contribution is 5.91. The fraction of sp³-hybridized carbons (Fsp3) is 0.318. The fourth-order valence-electron chi connectivity index (χ4n) is 3.12. The van der Waals surface area contributed by atoms with Crippen LogP contribution in [0, 0.1) is 0 Å². The molecule has 0 N–H and O–H groups in total. The van der Waals surface area contributed by atoms with Crippen LogP contribution in [0.25, 0.3) is 22.3 Å².